The van der Waals surface area contributed by atoms with Gasteiger partial charge in [0.1, 0.15) is 11.5 Å². The fourth-order valence-corrected chi connectivity index (χ4v) is 8.15. The summed E-state index contributed by atoms with van der Waals surface area (Å²) in [6.07, 6.45) is 24.2. The van der Waals surface area contributed by atoms with Crippen LogP contribution in [-0.4, -0.2) is 52.4 Å². The zero-order valence-corrected chi connectivity index (χ0v) is 27.3. The van der Waals surface area contributed by atoms with Gasteiger partial charge in [0.2, 0.25) is 0 Å². The van der Waals surface area contributed by atoms with Crippen molar-refractivity contribution >= 4 is 18.4 Å². The van der Waals surface area contributed by atoms with E-state index in [-0.39, 0.29) is 31.0 Å². The first-order valence-corrected chi connectivity index (χ1v) is 16.9. The maximum absolute atomic E-state index is 13.0. The first-order valence-electron chi connectivity index (χ1n) is 16.9. The predicted octanol–water partition coefficient (Wildman–Crippen LogP) is 7.46. The number of piperidine rings is 1. The first-order chi connectivity index (χ1) is 20.5. The van der Waals surface area contributed by atoms with E-state index in [9.17, 15) is 15.0 Å². The number of aliphatic hydroxyl groups is 2. The molecule has 4 atom stereocenters. The van der Waals surface area contributed by atoms with Crippen molar-refractivity contribution in [3.8, 4) is 5.75 Å². The van der Waals surface area contributed by atoms with Gasteiger partial charge in [-0.25, -0.2) is 0 Å². The van der Waals surface area contributed by atoms with Gasteiger partial charge in [-0.1, -0.05) is 82.6 Å². The zero-order chi connectivity index (χ0) is 29.6. The van der Waals surface area contributed by atoms with E-state index in [1.807, 2.05) is 12.1 Å². The number of benzene rings is 1. The molecule has 43 heavy (non-hydrogen) atoms. The monoisotopic (exact) mass is 615 g/mol. The van der Waals surface area contributed by atoms with Crippen LogP contribution in [0.3, 0.4) is 0 Å². The van der Waals surface area contributed by atoms with Crippen molar-refractivity contribution in [1.29, 1.82) is 0 Å². The molecule has 1 aromatic rings. The maximum Gasteiger partial charge on any atom is 0.310 e. The minimum Gasteiger partial charge on any atom is -0.481 e. The largest absolute Gasteiger partial charge is 0.481 e. The predicted molar refractivity (Wildman–Crippen MR) is 174 cm³/mol. The Bertz CT molecular complexity index is 1150. The lowest BCUT2D eigenvalue weighted by molar-refractivity contribution is -0.169. The minimum atomic E-state index is -1.00. The molecular formula is C36H54ClNO5. The van der Waals surface area contributed by atoms with Crippen LogP contribution in [0.2, 0.25) is 0 Å². The highest BCUT2D eigenvalue weighted by atomic mass is 35.5. The number of allylic oxidation sites excluding steroid dienone is 2. The highest BCUT2D eigenvalue weighted by Crippen LogP contribution is 2.64. The van der Waals surface area contributed by atoms with Crippen LogP contribution in [0.15, 0.2) is 36.1 Å². The van der Waals surface area contributed by atoms with Gasteiger partial charge >= 0.3 is 5.97 Å². The molecule has 0 aromatic heterocycles. The number of carbonyl (C=O) groups excluding carboxylic acids is 1. The quantitative estimate of drug-likeness (QED) is 0.108. The van der Waals surface area contributed by atoms with E-state index in [1.54, 1.807) is 0 Å². The van der Waals surface area contributed by atoms with E-state index in [1.165, 1.54) is 63.4 Å². The lowest BCUT2D eigenvalue weighted by Gasteiger charge is -2.61. The van der Waals surface area contributed by atoms with Crippen LogP contribution >= 0.6 is 12.4 Å². The molecule has 2 bridgehead atoms. The summed E-state index contributed by atoms with van der Waals surface area (Å²) in [4.78, 5) is 15.2. The number of rotatable bonds is 17. The highest BCUT2D eigenvalue weighted by Gasteiger charge is 2.71. The van der Waals surface area contributed by atoms with Crippen LogP contribution < -0.4 is 4.74 Å². The molecule has 240 valence electrons. The molecule has 0 radical (unpaired) electrons. The molecule has 1 saturated heterocycles. The Balaban J connectivity index is 0.00000423. The third kappa shape index (κ3) is 6.73. The van der Waals surface area contributed by atoms with E-state index in [0.29, 0.717) is 24.4 Å². The van der Waals surface area contributed by atoms with E-state index < -0.39 is 17.1 Å². The summed E-state index contributed by atoms with van der Waals surface area (Å²) in [5, 5.41) is 22.3. The Hall–Kier alpha value is -1.86. The lowest BCUT2D eigenvalue weighted by atomic mass is 9.50. The number of nitrogens with zero attached hydrogens (tertiary/aromatic N) is 1. The average molecular weight is 616 g/mol. The van der Waals surface area contributed by atoms with Crippen LogP contribution in [0.1, 0.15) is 126 Å². The van der Waals surface area contributed by atoms with Crippen molar-refractivity contribution in [2.75, 3.05) is 13.6 Å². The fraction of sp³-hybridized carbons (Fsp3) is 0.694. The molecule has 2 aliphatic carbocycles. The van der Waals surface area contributed by atoms with Gasteiger partial charge in [-0.05, 0) is 70.2 Å². The van der Waals surface area contributed by atoms with Gasteiger partial charge in [-0.15, -0.1) is 12.4 Å². The number of likely N-dealkylation sites (N-methyl/N-ethyl adjacent to an activating group) is 1. The molecule has 1 fully saturated rings. The molecule has 2 N–H and O–H groups in total. The summed E-state index contributed by atoms with van der Waals surface area (Å²) in [6, 6.07) is 3.99. The number of carbonyl (C=O) groups is 1. The molecule has 6 nitrogen and oxygen atoms in total. The zero-order valence-electron chi connectivity index (χ0n) is 26.5. The Labute approximate surface area is 265 Å². The molecular weight excluding hydrogens is 562 g/mol. The lowest BCUT2D eigenvalue weighted by Crippen LogP contribution is -2.74. The molecule has 0 unspecified atom stereocenters. The Morgan fingerprint density at radius 3 is 2.42 bits per heavy atom. The van der Waals surface area contributed by atoms with Gasteiger partial charge in [0.15, 0.2) is 6.10 Å². The van der Waals surface area contributed by atoms with Crippen molar-refractivity contribution in [3.05, 3.63) is 52.8 Å². The number of ether oxygens (including phenoxy) is 2. The van der Waals surface area contributed by atoms with E-state index in [2.05, 4.69) is 37.1 Å². The van der Waals surface area contributed by atoms with Gasteiger partial charge < -0.3 is 24.6 Å². The number of hydrogen-bond acceptors (Lipinski definition) is 6. The van der Waals surface area contributed by atoms with Crippen LogP contribution in [0.5, 0.6) is 5.75 Å². The number of unbranched alkanes of at least 4 members (excludes halogenated alkanes) is 11. The summed E-state index contributed by atoms with van der Waals surface area (Å²) in [5.41, 5.74) is 1.27. The van der Waals surface area contributed by atoms with Crippen LogP contribution in [0.25, 0.3) is 0 Å². The number of hydrogen-bond donors (Lipinski definition) is 2. The van der Waals surface area contributed by atoms with Crippen molar-refractivity contribution in [1.82, 2.24) is 4.90 Å². The molecule has 1 aromatic carbocycles. The summed E-state index contributed by atoms with van der Waals surface area (Å²) >= 11 is 0. The van der Waals surface area contributed by atoms with Crippen molar-refractivity contribution in [2.24, 2.45) is 0 Å². The molecule has 2 aliphatic heterocycles. The fourth-order valence-electron chi connectivity index (χ4n) is 8.15. The Morgan fingerprint density at radius 2 is 1.72 bits per heavy atom. The van der Waals surface area contributed by atoms with Gasteiger partial charge in [0.05, 0.1) is 17.6 Å². The third-order valence-corrected chi connectivity index (χ3v) is 10.5. The van der Waals surface area contributed by atoms with Gasteiger partial charge in [0, 0.05) is 30.0 Å². The Morgan fingerprint density at radius 1 is 1.05 bits per heavy atom. The van der Waals surface area contributed by atoms with Crippen LogP contribution in [-0.2, 0) is 28.0 Å². The maximum atomic E-state index is 13.0. The minimum absolute atomic E-state index is 0. The van der Waals surface area contributed by atoms with Gasteiger partial charge in [0.25, 0.3) is 0 Å². The second kappa shape index (κ2) is 15.4. The first kappa shape index (κ1) is 34.0. The van der Waals surface area contributed by atoms with Crippen molar-refractivity contribution in [3.63, 3.8) is 0 Å². The number of esters is 1. The molecule has 0 saturated carbocycles. The third-order valence-electron chi connectivity index (χ3n) is 10.5. The van der Waals surface area contributed by atoms with E-state index in [0.717, 1.165) is 56.2 Å². The second-order valence-electron chi connectivity index (χ2n) is 13.2. The summed E-state index contributed by atoms with van der Waals surface area (Å²) in [6.45, 7) is 2.98. The standard InChI is InChI=1S/C36H53NO5.ClH/c1-3-4-5-6-7-8-9-10-11-12-13-14-15-16-17-18-31(39)41-29-21-22-36(40)30-25-27-19-20-28(26-38)33-32(27)35(36,34(29)42-33)23-24-37(30)2;/h10-11,19-21,30,34,38,40H,3-9,12-18,22-26H2,1-2H3;1H/b11-10-;/t30-,34+,35+,36-;/m1./s1. The topological polar surface area (TPSA) is 79.2 Å². The Kier molecular flexibility index (Phi) is 12.2. The molecule has 5 rings (SSSR count). The molecule has 0 amide bonds. The number of aliphatic hydroxyl groups excluding tert-OH is 1. The number of likely N-dealkylation sites (tertiary alicyclic amines) is 1. The molecule has 4 aliphatic rings. The van der Waals surface area contributed by atoms with Crippen molar-refractivity contribution < 1.29 is 24.5 Å². The van der Waals surface area contributed by atoms with Crippen LogP contribution in [0.4, 0.5) is 0 Å². The summed E-state index contributed by atoms with van der Waals surface area (Å²) in [7, 11) is 2.08. The second-order valence-corrected chi connectivity index (χ2v) is 13.2. The van der Waals surface area contributed by atoms with Crippen LogP contribution in [0, 0.1) is 0 Å². The number of halogens is 1. The SMILES string of the molecule is CCCCCCCC/C=C\CCCCCCCC(=O)OC1=CC[C@@]2(O)[C@H]3Cc4ccc(CO)c5c4[C@@]2(CCN3C)[C@H]1O5.Cl. The van der Waals surface area contributed by atoms with Gasteiger partial charge in [-0.3, -0.25) is 4.79 Å². The summed E-state index contributed by atoms with van der Waals surface area (Å²) in [5.74, 6) is 0.999. The molecule has 2 heterocycles. The smallest absolute Gasteiger partial charge is 0.310 e. The molecule has 7 heteroatoms. The van der Waals surface area contributed by atoms with E-state index >= 15 is 0 Å². The highest BCUT2D eigenvalue weighted by molar-refractivity contribution is 5.85. The van der Waals surface area contributed by atoms with Gasteiger partial charge in [-0.2, -0.15) is 0 Å². The molecule has 1 spiro atoms. The normalized spacial score (nSPS) is 26.9. The average Bonchev–Trinajstić information content (AvgIpc) is 3.34. The van der Waals surface area contributed by atoms with Crippen molar-refractivity contribution in [2.45, 2.75) is 146 Å². The summed E-state index contributed by atoms with van der Waals surface area (Å²) < 4.78 is 12.6. The van der Waals surface area contributed by atoms with E-state index in [4.69, 9.17) is 9.47 Å².